The Balaban J connectivity index is 1.05. The van der Waals surface area contributed by atoms with Crippen LogP contribution in [0.25, 0.3) is 116 Å². The average molecular weight is 726 g/mol. The SMILES string of the molecule is c1ccc2c(c1)ccc1c2c2cc(-c3ccc(-n4c5ccccc5c5ccc6ccccc6c54)cc3)ccc2n1-c1nc2ccccc2c2nc3ccccc3n12. The van der Waals surface area contributed by atoms with Crippen molar-refractivity contribution in [3.8, 4) is 22.8 Å². The van der Waals surface area contributed by atoms with Crippen molar-refractivity contribution in [1.82, 2.24) is 23.5 Å². The highest BCUT2D eigenvalue weighted by atomic mass is 15.2. The maximum atomic E-state index is 5.41. The summed E-state index contributed by atoms with van der Waals surface area (Å²) < 4.78 is 7.00. The summed E-state index contributed by atoms with van der Waals surface area (Å²) in [6.45, 7) is 0. The topological polar surface area (TPSA) is 40.0 Å². The lowest BCUT2D eigenvalue weighted by atomic mass is 10.00. The molecule has 4 aromatic heterocycles. The number of imidazole rings is 1. The number of hydrogen-bond donors (Lipinski definition) is 0. The van der Waals surface area contributed by atoms with Gasteiger partial charge in [-0.25, -0.2) is 9.97 Å². The number of nitrogens with zero attached hydrogens (tertiary/aromatic N) is 5. The molecule has 0 fully saturated rings. The van der Waals surface area contributed by atoms with Crippen LogP contribution in [-0.2, 0) is 0 Å². The van der Waals surface area contributed by atoms with Crippen molar-refractivity contribution in [3.05, 3.63) is 188 Å². The third kappa shape index (κ3) is 4.23. The molecule has 4 heterocycles. The van der Waals surface area contributed by atoms with Crippen molar-refractivity contribution in [2.75, 3.05) is 0 Å². The van der Waals surface area contributed by atoms with Crippen molar-refractivity contribution in [1.29, 1.82) is 0 Å². The van der Waals surface area contributed by atoms with E-state index in [2.05, 4.69) is 202 Å². The van der Waals surface area contributed by atoms with Gasteiger partial charge in [0.05, 0.1) is 38.6 Å². The largest absolute Gasteiger partial charge is 0.309 e. The lowest BCUT2D eigenvalue weighted by molar-refractivity contribution is 0.980. The summed E-state index contributed by atoms with van der Waals surface area (Å²) in [5.41, 5.74) is 11.9. The summed E-state index contributed by atoms with van der Waals surface area (Å²) in [6, 6.07) is 67.8. The zero-order chi connectivity index (χ0) is 37.2. The smallest absolute Gasteiger partial charge is 0.221 e. The van der Waals surface area contributed by atoms with Crippen molar-refractivity contribution in [2.24, 2.45) is 0 Å². The Kier molecular flexibility index (Phi) is 6.10. The second-order valence-corrected chi connectivity index (χ2v) is 15.0. The van der Waals surface area contributed by atoms with Crippen LogP contribution in [0, 0.1) is 0 Å². The molecule has 0 aliphatic heterocycles. The molecule has 0 aliphatic carbocycles. The molecule has 0 amide bonds. The Morgan fingerprint density at radius 1 is 0.351 bits per heavy atom. The Morgan fingerprint density at radius 2 is 0.965 bits per heavy atom. The highest BCUT2D eigenvalue weighted by molar-refractivity contribution is 6.22. The van der Waals surface area contributed by atoms with E-state index in [0.29, 0.717) is 0 Å². The molecular formula is C52H31N5. The van der Waals surface area contributed by atoms with Gasteiger partial charge in [0.25, 0.3) is 0 Å². The first-order valence-corrected chi connectivity index (χ1v) is 19.4. The van der Waals surface area contributed by atoms with Crippen LogP contribution in [-0.4, -0.2) is 23.5 Å². The van der Waals surface area contributed by atoms with Gasteiger partial charge in [-0.15, -0.1) is 0 Å². The summed E-state index contributed by atoms with van der Waals surface area (Å²) in [5.74, 6) is 0.823. The molecule has 0 bridgehead atoms. The molecule has 0 atom stereocenters. The van der Waals surface area contributed by atoms with Crippen LogP contribution in [0.3, 0.4) is 0 Å². The van der Waals surface area contributed by atoms with Gasteiger partial charge in [-0.2, -0.15) is 0 Å². The van der Waals surface area contributed by atoms with Gasteiger partial charge in [0.15, 0.2) is 0 Å². The Labute approximate surface area is 325 Å². The average Bonchev–Trinajstić information content (AvgIpc) is 3.95. The molecule has 0 radical (unpaired) electrons. The molecule has 0 spiro atoms. The van der Waals surface area contributed by atoms with E-state index < -0.39 is 0 Å². The third-order valence-corrected chi connectivity index (χ3v) is 12.0. The van der Waals surface area contributed by atoms with Crippen LogP contribution in [0.15, 0.2) is 188 Å². The quantitative estimate of drug-likeness (QED) is 0.182. The second-order valence-electron chi connectivity index (χ2n) is 15.0. The first kappa shape index (κ1) is 30.6. The van der Waals surface area contributed by atoms with Crippen molar-refractivity contribution >= 4 is 92.7 Å². The van der Waals surface area contributed by atoms with Gasteiger partial charge >= 0.3 is 0 Å². The van der Waals surface area contributed by atoms with E-state index in [-0.39, 0.29) is 0 Å². The van der Waals surface area contributed by atoms with Crippen molar-refractivity contribution < 1.29 is 0 Å². The molecule has 13 aromatic rings. The molecule has 0 N–H and O–H groups in total. The third-order valence-electron chi connectivity index (χ3n) is 12.0. The van der Waals surface area contributed by atoms with Gasteiger partial charge in [-0.3, -0.25) is 8.97 Å². The van der Waals surface area contributed by atoms with Gasteiger partial charge < -0.3 is 4.57 Å². The number of rotatable bonds is 3. The Hall–Kier alpha value is -7.76. The number of fused-ring (bicyclic) bond motifs is 15. The maximum absolute atomic E-state index is 5.41. The second kappa shape index (κ2) is 11.4. The van der Waals surface area contributed by atoms with Gasteiger partial charge in [0, 0.05) is 38.0 Å². The van der Waals surface area contributed by atoms with E-state index in [1.165, 1.54) is 65.3 Å². The fourth-order valence-electron chi connectivity index (χ4n) is 9.46. The molecule has 5 nitrogen and oxygen atoms in total. The zero-order valence-corrected chi connectivity index (χ0v) is 30.6. The van der Waals surface area contributed by atoms with Crippen LogP contribution >= 0.6 is 0 Å². The molecule has 9 aromatic carbocycles. The van der Waals surface area contributed by atoms with E-state index in [4.69, 9.17) is 9.97 Å². The molecular weight excluding hydrogens is 695 g/mol. The van der Waals surface area contributed by atoms with Gasteiger partial charge in [-0.05, 0) is 87.9 Å². The fraction of sp³-hybridized carbons (Fsp3) is 0. The summed E-state index contributed by atoms with van der Waals surface area (Å²) in [4.78, 5) is 10.6. The van der Waals surface area contributed by atoms with E-state index in [9.17, 15) is 0 Å². The molecule has 264 valence electrons. The lowest BCUT2D eigenvalue weighted by Crippen LogP contribution is -2.06. The van der Waals surface area contributed by atoms with E-state index >= 15 is 0 Å². The predicted molar refractivity (Wildman–Crippen MR) is 237 cm³/mol. The first-order valence-electron chi connectivity index (χ1n) is 19.4. The van der Waals surface area contributed by atoms with E-state index in [1.54, 1.807) is 0 Å². The summed E-state index contributed by atoms with van der Waals surface area (Å²) in [6.07, 6.45) is 0. The summed E-state index contributed by atoms with van der Waals surface area (Å²) in [7, 11) is 0. The Bertz CT molecular complexity index is 3810. The minimum atomic E-state index is 0.823. The molecule has 0 saturated carbocycles. The van der Waals surface area contributed by atoms with Crippen LogP contribution in [0.1, 0.15) is 0 Å². The van der Waals surface area contributed by atoms with Crippen molar-refractivity contribution in [2.45, 2.75) is 0 Å². The molecule has 57 heavy (non-hydrogen) atoms. The molecule has 5 heteroatoms. The minimum Gasteiger partial charge on any atom is -0.309 e. The first-order chi connectivity index (χ1) is 28.3. The highest BCUT2D eigenvalue weighted by Gasteiger charge is 2.22. The number of para-hydroxylation sites is 4. The van der Waals surface area contributed by atoms with E-state index in [0.717, 1.165) is 50.3 Å². The van der Waals surface area contributed by atoms with Gasteiger partial charge in [0.1, 0.15) is 5.65 Å². The minimum absolute atomic E-state index is 0.823. The fourth-order valence-corrected chi connectivity index (χ4v) is 9.46. The van der Waals surface area contributed by atoms with Crippen LogP contribution in [0.4, 0.5) is 0 Å². The van der Waals surface area contributed by atoms with Crippen LogP contribution < -0.4 is 0 Å². The monoisotopic (exact) mass is 725 g/mol. The zero-order valence-electron chi connectivity index (χ0n) is 30.6. The number of aromatic nitrogens is 5. The van der Waals surface area contributed by atoms with Gasteiger partial charge in [0.2, 0.25) is 5.95 Å². The summed E-state index contributed by atoms with van der Waals surface area (Å²) >= 11 is 0. The maximum Gasteiger partial charge on any atom is 0.221 e. The van der Waals surface area contributed by atoms with E-state index in [1.807, 2.05) is 0 Å². The van der Waals surface area contributed by atoms with Crippen LogP contribution in [0.5, 0.6) is 0 Å². The normalized spacial score (nSPS) is 12.2. The molecule has 13 rings (SSSR count). The summed E-state index contributed by atoms with van der Waals surface area (Å²) in [5, 5.41) is 10.9. The molecule has 0 unspecified atom stereocenters. The lowest BCUT2D eigenvalue weighted by Gasteiger charge is -2.13. The standard InChI is InChI=1S/C52H31N5/c1-3-13-37-33(11-1)24-30-48-49(37)42-31-35(25-29-46(42)56(48)52-54-43-17-7-5-16-41(43)51-53-44-18-8-10-20-47(44)57(51)52)32-21-26-36(27-22-32)55-45-19-9-6-15-39(45)40-28-23-34-12-2-4-14-38(34)50(40)55/h1-31H. The highest BCUT2D eigenvalue weighted by Crippen LogP contribution is 2.41. The van der Waals surface area contributed by atoms with Crippen LogP contribution in [0.2, 0.25) is 0 Å². The number of hydrogen-bond acceptors (Lipinski definition) is 2. The predicted octanol–water partition coefficient (Wildman–Crippen LogP) is 13.2. The molecule has 0 aliphatic rings. The number of benzene rings is 9. The van der Waals surface area contributed by atoms with Gasteiger partial charge in [-0.1, -0.05) is 127 Å². The Morgan fingerprint density at radius 3 is 1.81 bits per heavy atom. The van der Waals surface area contributed by atoms with Crippen molar-refractivity contribution in [3.63, 3.8) is 0 Å². The molecule has 0 saturated heterocycles.